The number of nitrogens with zero attached hydrogens (tertiary/aromatic N) is 4. The Morgan fingerprint density at radius 3 is 0.439 bits per heavy atom. The molecule has 0 unspecified atom stereocenters. The summed E-state index contributed by atoms with van der Waals surface area (Å²) < 4.78 is 2.60. The summed E-state index contributed by atoms with van der Waals surface area (Å²) in [5.74, 6) is 0. The fourth-order valence-electron chi connectivity index (χ4n) is 5.60. The van der Waals surface area contributed by atoms with Gasteiger partial charge in [0.05, 0.1) is 0 Å². The molecule has 0 aromatic carbocycles. The van der Waals surface area contributed by atoms with Crippen LogP contribution in [0.25, 0.3) is 0 Å². The summed E-state index contributed by atoms with van der Waals surface area (Å²) in [7, 11) is 0. The molecule has 0 spiro atoms. The summed E-state index contributed by atoms with van der Waals surface area (Å²) >= 11 is 40.5. The second-order valence-corrected chi connectivity index (χ2v) is 18.8. The van der Waals surface area contributed by atoms with Gasteiger partial charge in [-0.3, -0.25) is 0 Å². The van der Waals surface area contributed by atoms with Crippen LogP contribution in [0.5, 0.6) is 0 Å². The Balaban J connectivity index is -0.000000210. The van der Waals surface area contributed by atoms with Crippen LogP contribution in [0.4, 0.5) is 0 Å². The van der Waals surface area contributed by atoms with E-state index < -0.39 is 0 Å². The molecule has 0 saturated heterocycles. The zero-order chi connectivity index (χ0) is 43.2. The molecule has 0 N–H and O–H groups in total. The number of thiocarbonyl (C=S) groups is 4. The number of hydrogen-bond donors (Lipinski definition) is 0. The van der Waals surface area contributed by atoms with Crippen molar-refractivity contribution in [2.24, 2.45) is 0 Å². The zero-order valence-corrected chi connectivity index (χ0v) is 48.6. The van der Waals surface area contributed by atoms with E-state index in [-0.39, 0.29) is 27.3 Å². The molecule has 0 radical (unpaired) electrons. The molecule has 0 aliphatic heterocycles. The van der Waals surface area contributed by atoms with Crippen LogP contribution in [-0.2, 0) is 50.5 Å². The number of rotatable bonds is 32. The molecule has 0 heterocycles. The Kier molecular flexibility index (Phi) is 65.5. The van der Waals surface area contributed by atoms with Gasteiger partial charge in [-0.25, -0.2) is 0 Å². The average molecular weight is 1140 g/mol. The Morgan fingerprint density at radius 2 is 0.368 bits per heavy atom. The summed E-state index contributed by atoms with van der Waals surface area (Å²) in [6, 6.07) is 0. The summed E-state index contributed by atoms with van der Waals surface area (Å²) in [6.07, 6.45) is 30.1. The van der Waals surface area contributed by atoms with Crippen molar-refractivity contribution in [2.75, 3.05) is 52.4 Å². The van der Waals surface area contributed by atoms with E-state index in [1.807, 2.05) is 0 Å². The first-order valence-electron chi connectivity index (χ1n) is 22.7. The molecule has 336 valence electrons. The van der Waals surface area contributed by atoms with Crippen LogP contribution in [0.1, 0.15) is 209 Å². The maximum Gasteiger partial charge on any atom is 4.00 e. The molecule has 57 heavy (non-hydrogen) atoms. The van der Waals surface area contributed by atoms with E-state index in [1.165, 1.54) is 154 Å². The third-order valence-electron chi connectivity index (χ3n) is 9.29. The topological polar surface area (TPSA) is 13.0 Å². The van der Waals surface area contributed by atoms with Gasteiger partial charge in [0.1, 0.15) is 0 Å². The van der Waals surface area contributed by atoms with Crippen molar-refractivity contribution in [3.8, 4) is 0 Å². The molecule has 13 heteroatoms. The van der Waals surface area contributed by atoms with Crippen LogP contribution in [0.15, 0.2) is 0 Å². The minimum atomic E-state index is 0. The van der Waals surface area contributed by atoms with Gasteiger partial charge in [-0.05, 0) is 51.4 Å². The van der Waals surface area contributed by atoms with Crippen molar-refractivity contribution in [3.63, 3.8) is 0 Å². The van der Waals surface area contributed by atoms with Gasteiger partial charge in [-0.1, -0.05) is 175 Å². The van der Waals surface area contributed by atoms with Gasteiger partial charge in [0, 0.05) is 52.4 Å². The van der Waals surface area contributed by atoms with Gasteiger partial charge < -0.3 is 119 Å². The minimum absolute atomic E-state index is 0. The predicted octanol–water partition coefficient (Wildman–Crippen LogP) is 13.6. The quantitative estimate of drug-likeness (QED) is 0.0276. The molecule has 0 aromatic heterocycles. The molecule has 0 amide bonds. The maximum atomic E-state index is 5.06. The fourth-order valence-corrected chi connectivity index (χ4v) is 7.06. The second-order valence-electron chi connectivity index (χ2n) is 14.7. The summed E-state index contributed by atoms with van der Waals surface area (Å²) in [6.45, 7) is 26.2. The smallest absolute Gasteiger partial charge is 0.411 e. The van der Waals surface area contributed by atoms with E-state index in [2.05, 4.69) is 75.0 Å². The van der Waals surface area contributed by atoms with Gasteiger partial charge >= 0.3 is 27.3 Å². The Morgan fingerprint density at radius 1 is 0.263 bits per heavy atom. The van der Waals surface area contributed by atoms with Crippen LogP contribution < -0.4 is 0 Å². The van der Waals surface area contributed by atoms with E-state index in [9.17, 15) is 0 Å². The molecule has 0 bridgehead atoms. The Labute approximate surface area is 421 Å². The molecule has 0 fully saturated rings. The monoisotopic (exact) mass is 1140 g/mol. The van der Waals surface area contributed by atoms with E-state index in [0.29, 0.717) is 17.3 Å². The third-order valence-corrected chi connectivity index (χ3v) is 11.4. The molecule has 0 aromatic rings. The van der Waals surface area contributed by atoms with Crippen molar-refractivity contribution in [1.82, 2.24) is 19.6 Å². The van der Waals surface area contributed by atoms with E-state index >= 15 is 0 Å². The fraction of sp³-hybridized carbons (Fsp3) is 0.909. The van der Waals surface area contributed by atoms with Crippen molar-refractivity contribution >= 4 is 144 Å². The molecule has 4 nitrogen and oxygen atoms in total. The van der Waals surface area contributed by atoms with Crippen molar-refractivity contribution < 1.29 is 0 Å². The van der Waals surface area contributed by atoms with Gasteiger partial charge in [0.15, 0.2) is 0 Å². The van der Waals surface area contributed by atoms with Crippen LogP contribution >= 0.6 is 48.9 Å². The molecule has 0 saturated carbocycles. The Hall–Kier alpha value is 1.36. The van der Waals surface area contributed by atoms with E-state index in [4.69, 9.17) is 99.4 Å². The summed E-state index contributed by atoms with van der Waals surface area (Å²) in [5, 5.41) is 0. The molecular weight excluding hydrogens is 1050 g/mol. The molecule has 0 aliphatic carbocycles. The molecule has 0 atom stereocenters. The normalized spacial score (nSPS) is 9.96. The zero-order valence-electron chi connectivity index (χ0n) is 38.2. The summed E-state index contributed by atoms with van der Waals surface area (Å²) in [5.41, 5.74) is 0. The molecular formula is C44H88N4PbS8. The average Bonchev–Trinajstić information content (AvgIpc) is 3.16. The first-order valence-corrected chi connectivity index (χ1v) is 26.0. The van der Waals surface area contributed by atoms with Crippen LogP contribution in [0.3, 0.4) is 0 Å². The first kappa shape index (κ1) is 67.4. The first-order chi connectivity index (χ1) is 26.9. The number of hydrogen-bond acceptors (Lipinski definition) is 8. The van der Waals surface area contributed by atoms with Crippen molar-refractivity contribution in [3.05, 3.63) is 0 Å². The largest absolute Gasteiger partial charge is 4.00 e. The number of unbranched alkanes of at least 4 members (excludes halogenated alkanes) is 16. The Bertz CT molecular complexity index is 696. The SMILES string of the molecule is CCCCCN(CCCCC)C(=S)[S-].CCCCCN(CCCCC)C(=S)[S-].CCCCCN(CCCCC)C(=S)[S-].CCCCCN(CCCCC)C(=S)[S-].[Pb+4]. The van der Waals surface area contributed by atoms with E-state index in [1.54, 1.807) is 0 Å². The molecule has 0 rings (SSSR count). The van der Waals surface area contributed by atoms with Crippen LogP contribution in [0, 0.1) is 0 Å². The van der Waals surface area contributed by atoms with Gasteiger partial charge in [-0.15, -0.1) is 0 Å². The minimum Gasteiger partial charge on any atom is -0.411 e. The molecule has 0 aliphatic rings. The van der Waals surface area contributed by atoms with Crippen LogP contribution in [-0.4, -0.2) is 117 Å². The van der Waals surface area contributed by atoms with Crippen LogP contribution in [0.2, 0.25) is 0 Å². The second kappa shape index (κ2) is 55.4. The van der Waals surface area contributed by atoms with Crippen molar-refractivity contribution in [2.45, 2.75) is 209 Å². The standard InChI is InChI=1S/4C11H23NS2.Pb/c4*1-3-5-7-9-12(11(13)14)10-8-6-4-2;/h4*3-10H2,1-2H3,(H,13,14);/q;;;;+4/p-4. The maximum absolute atomic E-state index is 5.06. The van der Waals surface area contributed by atoms with E-state index in [0.717, 1.165) is 52.4 Å². The van der Waals surface area contributed by atoms with Crippen molar-refractivity contribution in [1.29, 1.82) is 0 Å². The predicted molar refractivity (Wildman–Crippen MR) is 288 cm³/mol. The van der Waals surface area contributed by atoms with Gasteiger partial charge in [0.2, 0.25) is 0 Å². The van der Waals surface area contributed by atoms with Gasteiger partial charge in [0.25, 0.3) is 0 Å². The van der Waals surface area contributed by atoms with Gasteiger partial charge in [-0.2, -0.15) is 0 Å². The summed E-state index contributed by atoms with van der Waals surface area (Å²) in [4.78, 5) is 8.71. The third kappa shape index (κ3) is 53.4.